The highest BCUT2D eigenvalue weighted by molar-refractivity contribution is 7.90. The molecule has 2 aromatic rings. The molecule has 4 N–H and O–H groups in total. The topological polar surface area (TPSA) is 150 Å². The third kappa shape index (κ3) is 4.79. The van der Waals surface area contributed by atoms with Crippen molar-refractivity contribution >= 4 is 20.0 Å². The molecule has 176 valence electrons. The standard InChI is InChI=1S/C22H24FN3O5S2/c1-12(2)21-19-9-16(6-13(3)18(19)8-14(10-24)22(21)23)26-33(30,31)17-4-5-20(32(25,28)29)15(7-17)11-27/h4-8,12-13,26-27H,9,11H2,1-3H3,(H2,25,28,29). The monoisotopic (exact) mass is 493 g/mol. The van der Waals surface area contributed by atoms with Gasteiger partial charge in [0, 0.05) is 18.0 Å². The lowest BCUT2D eigenvalue weighted by Gasteiger charge is -2.27. The fraction of sp³-hybridized carbons (Fsp3) is 0.318. The van der Waals surface area contributed by atoms with Crippen LogP contribution in [0.5, 0.6) is 0 Å². The van der Waals surface area contributed by atoms with Gasteiger partial charge in [-0.25, -0.2) is 26.4 Å². The first kappa shape index (κ1) is 24.9. The minimum absolute atomic E-state index is 0.0480. The fourth-order valence-corrected chi connectivity index (χ4v) is 5.99. The SMILES string of the molecule is CC(C)c1c(F)c(C#N)cc2c1CC(NS(=O)(=O)c1ccc(S(N)(=O)=O)c(CO)c1)=CC2C. The molecule has 1 unspecified atom stereocenters. The van der Waals surface area contributed by atoms with E-state index in [1.165, 1.54) is 6.07 Å². The zero-order chi connectivity index (χ0) is 24.7. The number of benzene rings is 2. The summed E-state index contributed by atoms with van der Waals surface area (Å²) in [6, 6.07) is 6.53. The average Bonchev–Trinajstić information content (AvgIpc) is 2.71. The predicted molar refractivity (Wildman–Crippen MR) is 119 cm³/mol. The minimum Gasteiger partial charge on any atom is -0.392 e. The summed E-state index contributed by atoms with van der Waals surface area (Å²) in [6.07, 6.45) is 1.80. The second-order valence-electron chi connectivity index (χ2n) is 8.22. The maximum Gasteiger partial charge on any atom is 0.261 e. The number of aliphatic hydroxyl groups excluding tert-OH is 1. The van der Waals surface area contributed by atoms with E-state index in [2.05, 4.69) is 4.72 Å². The maximum atomic E-state index is 14.9. The van der Waals surface area contributed by atoms with Crippen LogP contribution < -0.4 is 9.86 Å². The minimum atomic E-state index is -4.15. The van der Waals surface area contributed by atoms with Crippen LogP contribution in [0.25, 0.3) is 0 Å². The lowest BCUT2D eigenvalue weighted by atomic mass is 9.80. The maximum absolute atomic E-state index is 14.9. The summed E-state index contributed by atoms with van der Waals surface area (Å²) in [5.41, 5.74) is 1.90. The van der Waals surface area contributed by atoms with E-state index in [1.54, 1.807) is 19.9 Å². The number of halogens is 1. The van der Waals surface area contributed by atoms with Gasteiger partial charge in [0.2, 0.25) is 10.0 Å². The van der Waals surface area contributed by atoms with Crippen LogP contribution in [0.2, 0.25) is 0 Å². The van der Waals surface area contributed by atoms with Crippen molar-refractivity contribution < 1.29 is 26.3 Å². The Labute approximate surface area is 192 Å². The number of primary sulfonamides is 1. The Hall–Kier alpha value is -2.78. The van der Waals surface area contributed by atoms with Gasteiger partial charge in [-0.15, -0.1) is 0 Å². The largest absolute Gasteiger partial charge is 0.392 e. The molecule has 0 aliphatic heterocycles. The molecule has 3 rings (SSSR count). The predicted octanol–water partition coefficient (Wildman–Crippen LogP) is 2.48. The Morgan fingerprint density at radius 3 is 2.48 bits per heavy atom. The van der Waals surface area contributed by atoms with Crippen LogP contribution in [0.1, 0.15) is 60.4 Å². The molecule has 0 aromatic heterocycles. The fourth-order valence-electron chi connectivity index (χ4n) is 4.09. The molecule has 0 spiro atoms. The zero-order valence-corrected chi connectivity index (χ0v) is 19.9. The molecule has 33 heavy (non-hydrogen) atoms. The van der Waals surface area contributed by atoms with Crippen molar-refractivity contribution in [2.75, 3.05) is 0 Å². The van der Waals surface area contributed by atoms with E-state index >= 15 is 0 Å². The normalized spacial score (nSPS) is 16.2. The van der Waals surface area contributed by atoms with Crippen LogP contribution in [-0.4, -0.2) is 21.9 Å². The molecule has 11 heteroatoms. The summed E-state index contributed by atoms with van der Waals surface area (Å²) in [5, 5.41) is 23.9. The van der Waals surface area contributed by atoms with Crippen LogP contribution >= 0.6 is 0 Å². The van der Waals surface area contributed by atoms with Gasteiger partial charge in [0.15, 0.2) is 0 Å². The van der Waals surface area contributed by atoms with E-state index < -0.39 is 32.5 Å². The second-order valence-corrected chi connectivity index (χ2v) is 11.4. The Kier molecular flexibility index (Phi) is 6.68. The van der Waals surface area contributed by atoms with E-state index in [9.17, 15) is 31.6 Å². The van der Waals surface area contributed by atoms with Gasteiger partial charge in [0.25, 0.3) is 10.0 Å². The Morgan fingerprint density at radius 2 is 1.94 bits per heavy atom. The van der Waals surface area contributed by atoms with E-state index in [4.69, 9.17) is 5.14 Å². The molecule has 0 fully saturated rings. The highest BCUT2D eigenvalue weighted by atomic mass is 32.2. The van der Waals surface area contributed by atoms with Crippen molar-refractivity contribution in [1.82, 2.24) is 4.72 Å². The van der Waals surface area contributed by atoms with E-state index in [1.807, 2.05) is 13.0 Å². The summed E-state index contributed by atoms with van der Waals surface area (Å²) in [6.45, 7) is 4.70. The van der Waals surface area contributed by atoms with Gasteiger partial charge in [-0.3, -0.25) is 4.72 Å². The summed E-state index contributed by atoms with van der Waals surface area (Å²) < 4.78 is 66.7. The zero-order valence-electron chi connectivity index (χ0n) is 18.3. The number of hydrogen-bond acceptors (Lipinski definition) is 6. The number of nitrogens with zero attached hydrogens (tertiary/aromatic N) is 1. The number of fused-ring (bicyclic) bond motifs is 1. The van der Waals surface area contributed by atoms with Crippen molar-refractivity contribution in [2.24, 2.45) is 5.14 Å². The Bertz CT molecular complexity index is 1410. The summed E-state index contributed by atoms with van der Waals surface area (Å²) >= 11 is 0. The van der Waals surface area contributed by atoms with Gasteiger partial charge >= 0.3 is 0 Å². The first-order chi connectivity index (χ1) is 15.3. The molecule has 0 amide bonds. The molecule has 2 aromatic carbocycles. The molecule has 0 bridgehead atoms. The molecule has 1 aliphatic carbocycles. The first-order valence-corrected chi connectivity index (χ1v) is 13.1. The number of rotatable bonds is 6. The van der Waals surface area contributed by atoms with Gasteiger partial charge in [-0.05, 0) is 52.4 Å². The Morgan fingerprint density at radius 1 is 1.27 bits per heavy atom. The van der Waals surface area contributed by atoms with Crippen LogP contribution in [0.4, 0.5) is 4.39 Å². The van der Waals surface area contributed by atoms with E-state index in [0.717, 1.165) is 23.8 Å². The average molecular weight is 494 g/mol. The van der Waals surface area contributed by atoms with Gasteiger partial charge in [-0.2, -0.15) is 5.26 Å². The van der Waals surface area contributed by atoms with Crippen LogP contribution in [0, 0.1) is 17.1 Å². The van der Waals surface area contributed by atoms with Gasteiger partial charge in [0.05, 0.1) is 22.0 Å². The van der Waals surface area contributed by atoms with Crippen LogP contribution in [-0.2, 0) is 33.1 Å². The number of nitriles is 1. The third-order valence-electron chi connectivity index (χ3n) is 5.54. The molecule has 1 aliphatic rings. The molecular formula is C22H24FN3O5S2. The number of aliphatic hydroxyl groups is 1. The highest BCUT2D eigenvalue weighted by Crippen LogP contribution is 2.37. The summed E-state index contributed by atoms with van der Waals surface area (Å²) in [5.74, 6) is -1.11. The number of hydrogen-bond donors (Lipinski definition) is 3. The number of allylic oxidation sites excluding steroid dienone is 2. The first-order valence-electron chi connectivity index (χ1n) is 10.1. The van der Waals surface area contributed by atoms with Crippen molar-refractivity contribution in [1.29, 1.82) is 5.26 Å². The van der Waals surface area contributed by atoms with Gasteiger partial charge < -0.3 is 5.11 Å². The van der Waals surface area contributed by atoms with Crippen molar-refractivity contribution in [3.8, 4) is 6.07 Å². The summed E-state index contributed by atoms with van der Waals surface area (Å²) in [7, 11) is -8.29. The molecule has 1 atom stereocenters. The van der Waals surface area contributed by atoms with Crippen molar-refractivity contribution in [2.45, 2.75) is 55.4 Å². The van der Waals surface area contributed by atoms with E-state index in [-0.39, 0.29) is 39.2 Å². The van der Waals surface area contributed by atoms with Gasteiger partial charge in [-0.1, -0.05) is 26.8 Å². The molecule has 0 radical (unpaired) electrons. The number of nitrogens with one attached hydrogen (secondary N) is 1. The lowest BCUT2D eigenvalue weighted by molar-refractivity contribution is 0.278. The number of sulfonamides is 2. The van der Waals surface area contributed by atoms with Crippen LogP contribution in [0.3, 0.4) is 0 Å². The molecule has 8 nitrogen and oxygen atoms in total. The van der Waals surface area contributed by atoms with E-state index in [0.29, 0.717) is 16.8 Å². The summed E-state index contributed by atoms with van der Waals surface area (Å²) in [4.78, 5) is -0.623. The van der Waals surface area contributed by atoms with Crippen LogP contribution in [0.15, 0.2) is 45.8 Å². The molecule has 0 saturated heterocycles. The number of nitrogens with two attached hydrogens (primary N) is 1. The highest BCUT2D eigenvalue weighted by Gasteiger charge is 2.28. The van der Waals surface area contributed by atoms with Gasteiger partial charge in [0.1, 0.15) is 11.9 Å². The van der Waals surface area contributed by atoms with Crippen molar-refractivity contribution in [3.05, 3.63) is 69.7 Å². The molecule has 0 heterocycles. The quantitative estimate of drug-likeness (QED) is 0.562. The molecular weight excluding hydrogens is 469 g/mol. The lowest BCUT2D eigenvalue weighted by Crippen LogP contribution is -2.28. The van der Waals surface area contributed by atoms with Crippen molar-refractivity contribution in [3.63, 3.8) is 0 Å². The molecule has 0 saturated carbocycles. The Balaban J connectivity index is 2.02. The second kappa shape index (κ2) is 8.87. The smallest absolute Gasteiger partial charge is 0.261 e. The third-order valence-corrected chi connectivity index (χ3v) is 7.95.